The average Bonchev–Trinajstić information content (AvgIpc) is 2.96. The van der Waals surface area contributed by atoms with Crippen LogP contribution in [0.3, 0.4) is 0 Å². The van der Waals surface area contributed by atoms with E-state index in [9.17, 15) is 14.4 Å². The normalized spacial score (nSPS) is 17.0. The number of hydrogen-bond donors (Lipinski definition) is 3. The number of carbonyl (C=O) groups is 3. The molecule has 8 nitrogen and oxygen atoms in total. The Balaban J connectivity index is 1.64. The van der Waals surface area contributed by atoms with Gasteiger partial charge in [0, 0.05) is 6.42 Å². The maximum Gasteiger partial charge on any atom is 0.414 e. The van der Waals surface area contributed by atoms with Crippen molar-refractivity contribution in [3.05, 3.63) is 59.2 Å². The molecular weight excluding hydrogens is 364 g/mol. The van der Waals surface area contributed by atoms with Crippen LogP contribution in [0.2, 0.25) is 0 Å². The van der Waals surface area contributed by atoms with Crippen molar-refractivity contribution in [3.8, 4) is 11.5 Å². The summed E-state index contributed by atoms with van der Waals surface area (Å²) in [5, 5.41) is 11.0. The molecule has 1 fully saturated rings. The van der Waals surface area contributed by atoms with Gasteiger partial charge >= 0.3 is 12.1 Å². The Morgan fingerprint density at radius 1 is 1.21 bits per heavy atom. The molecule has 1 saturated heterocycles. The Labute approximate surface area is 161 Å². The zero-order valence-corrected chi connectivity index (χ0v) is 15.2. The number of alkyl carbamates (subject to hydrolysis) is 1. The summed E-state index contributed by atoms with van der Waals surface area (Å²) in [6, 6.07) is 11.6. The summed E-state index contributed by atoms with van der Waals surface area (Å²) in [4.78, 5) is 33.5. The molecule has 3 rings (SSSR count). The highest BCUT2D eigenvalue weighted by atomic mass is 16.6. The molecule has 4 N–H and O–H groups in total. The number of carboxylic acid groups (broad SMARTS) is 1. The molecule has 1 aliphatic rings. The Morgan fingerprint density at radius 2 is 1.89 bits per heavy atom. The standard InChI is InChI=1S/C20H20N2O6/c1-11-8-13(10-17-18(23)22-20(26)28-17)4-7-16(11)27-14-5-2-12(3-6-14)9-15(21)19(24)25/h2-8,15,17H,9-10,21H2,1H3,(H,24,25)(H,22,23,26). The minimum absolute atomic E-state index is 0.239. The number of imide groups is 1. The first-order chi connectivity index (χ1) is 13.3. The van der Waals surface area contributed by atoms with E-state index in [2.05, 4.69) is 5.32 Å². The number of rotatable bonds is 7. The van der Waals surface area contributed by atoms with Gasteiger partial charge in [-0.1, -0.05) is 24.3 Å². The van der Waals surface area contributed by atoms with Crippen LogP contribution in [0.15, 0.2) is 42.5 Å². The van der Waals surface area contributed by atoms with Crippen LogP contribution in [0.25, 0.3) is 0 Å². The van der Waals surface area contributed by atoms with Crippen LogP contribution in [-0.4, -0.2) is 35.2 Å². The van der Waals surface area contributed by atoms with E-state index in [4.69, 9.17) is 20.3 Å². The number of amides is 2. The van der Waals surface area contributed by atoms with Gasteiger partial charge in [-0.25, -0.2) is 4.79 Å². The summed E-state index contributed by atoms with van der Waals surface area (Å²) in [5.74, 6) is -0.231. The SMILES string of the molecule is Cc1cc(CC2OC(=O)NC2=O)ccc1Oc1ccc(CC(N)C(=O)O)cc1. The number of nitrogens with one attached hydrogen (secondary N) is 1. The summed E-state index contributed by atoms with van der Waals surface area (Å²) < 4.78 is 10.8. The van der Waals surface area contributed by atoms with Gasteiger partial charge in [-0.15, -0.1) is 0 Å². The smallest absolute Gasteiger partial charge is 0.414 e. The average molecular weight is 384 g/mol. The summed E-state index contributed by atoms with van der Waals surface area (Å²) in [7, 11) is 0. The third kappa shape index (κ3) is 4.66. The Morgan fingerprint density at radius 3 is 2.46 bits per heavy atom. The first kappa shape index (κ1) is 19.4. The molecule has 1 heterocycles. The molecule has 0 saturated carbocycles. The second-order valence-electron chi connectivity index (χ2n) is 6.58. The lowest BCUT2D eigenvalue weighted by Crippen LogP contribution is -2.32. The molecule has 0 aromatic heterocycles. The van der Waals surface area contributed by atoms with E-state index in [-0.39, 0.29) is 12.8 Å². The summed E-state index contributed by atoms with van der Waals surface area (Å²) in [5.41, 5.74) is 8.05. The summed E-state index contributed by atoms with van der Waals surface area (Å²) in [6.45, 7) is 1.87. The number of hydrogen-bond acceptors (Lipinski definition) is 6. The van der Waals surface area contributed by atoms with Crippen LogP contribution in [0.4, 0.5) is 4.79 Å². The number of cyclic esters (lactones) is 1. The third-order valence-electron chi connectivity index (χ3n) is 4.35. The second-order valence-corrected chi connectivity index (χ2v) is 6.58. The molecule has 0 radical (unpaired) electrons. The van der Waals surface area contributed by atoms with E-state index in [0.29, 0.717) is 11.5 Å². The number of benzene rings is 2. The molecule has 1 aliphatic heterocycles. The number of ether oxygens (including phenoxy) is 2. The van der Waals surface area contributed by atoms with Gasteiger partial charge in [0.2, 0.25) is 0 Å². The largest absolute Gasteiger partial charge is 0.480 e. The summed E-state index contributed by atoms with van der Waals surface area (Å²) >= 11 is 0. The van der Waals surface area contributed by atoms with Crippen molar-refractivity contribution in [1.82, 2.24) is 5.32 Å². The molecule has 146 valence electrons. The Kier molecular flexibility index (Phi) is 5.60. The van der Waals surface area contributed by atoms with Gasteiger partial charge in [0.1, 0.15) is 17.5 Å². The van der Waals surface area contributed by atoms with Gasteiger partial charge < -0.3 is 20.3 Å². The molecule has 0 bridgehead atoms. The molecule has 2 aromatic carbocycles. The zero-order valence-electron chi connectivity index (χ0n) is 15.2. The maximum atomic E-state index is 11.6. The highest BCUT2D eigenvalue weighted by molar-refractivity contribution is 6.00. The molecule has 0 spiro atoms. The topological polar surface area (TPSA) is 128 Å². The predicted octanol–water partition coefficient (Wildman–Crippen LogP) is 1.92. The maximum absolute atomic E-state index is 11.6. The van der Waals surface area contributed by atoms with E-state index in [1.54, 1.807) is 30.3 Å². The van der Waals surface area contributed by atoms with Gasteiger partial charge in [-0.05, 0) is 48.2 Å². The van der Waals surface area contributed by atoms with Gasteiger partial charge in [0.05, 0.1) is 0 Å². The molecule has 0 aliphatic carbocycles. The quantitative estimate of drug-likeness (QED) is 0.665. The van der Waals surface area contributed by atoms with E-state index in [1.807, 2.05) is 19.1 Å². The van der Waals surface area contributed by atoms with Crippen molar-refractivity contribution in [3.63, 3.8) is 0 Å². The van der Waals surface area contributed by atoms with Crippen LogP contribution in [0, 0.1) is 6.92 Å². The number of nitrogens with two attached hydrogens (primary N) is 1. The second kappa shape index (κ2) is 8.10. The van der Waals surface area contributed by atoms with Crippen molar-refractivity contribution in [1.29, 1.82) is 0 Å². The van der Waals surface area contributed by atoms with E-state index in [1.165, 1.54) is 0 Å². The van der Waals surface area contributed by atoms with Crippen LogP contribution < -0.4 is 15.8 Å². The Hall–Kier alpha value is -3.39. The zero-order chi connectivity index (χ0) is 20.3. The van der Waals surface area contributed by atoms with E-state index < -0.39 is 30.1 Å². The van der Waals surface area contributed by atoms with Crippen molar-refractivity contribution in [2.75, 3.05) is 0 Å². The van der Waals surface area contributed by atoms with Crippen LogP contribution in [-0.2, 0) is 27.2 Å². The molecule has 2 aromatic rings. The molecule has 2 amide bonds. The van der Waals surface area contributed by atoms with Gasteiger partial charge in [0.15, 0.2) is 6.10 Å². The van der Waals surface area contributed by atoms with Crippen LogP contribution in [0.1, 0.15) is 16.7 Å². The van der Waals surface area contributed by atoms with Crippen molar-refractivity contribution in [2.24, 2.45) is 5.73 Å². The Bertz CT molecular complexity index is 909. The van der Waals surface area contributed by atoms with Crippen molar-refractivity contribution in [2.45, 2.75) is 31.9 Å². The van der Waals surface area contributed by atoms with Gasteiger partial charge in [-0.3, -0.25) is 14.9 Å². The van der Waals surface area contributed by atoms with Gasteiger partial charge in [-0.2, -0.15) is 0 Å². The van der Waals surface area contributed by atoms with Crippen LogP contribution >= 0.6 is 0 Å². The summed E-state index contributed by atoms with van der Waals surface area (Å²) in [6.07, 6.45) is -1.01. The van der Waals surface area contributed by atoms with E-state index >= 15 is 0 Å². The van der Waals surface area contributed by atoms with E-state index in [0.717, 1.165) is 16.7 Å². The minimum Gasteiger partial charge on any atom is -0.480 e. The fourth-order valence-corrected chi connectivity index (χ4v) is 2.86. The molecular formula is C20H20N2O6. The molecule has 8 heteroatoms. The molecule has 2 atom stereocenters. The lowest BCUT2D eigenvalue weighted by molar-refractivity contribution is -0.138. The van der Waals surface area contributed by atoms with Crippen molar-refractivity contribution < 1.29 is 29.0 Å². The van der Waals surface area contributed by atoms with Crippen molar-refractivity contribution >= 4 is 18.0 Å². The lowest BCUT2D eigenvalue weighted by Gasteiger charge is -2.12. The molecule has 28 heavy (non-hydrogen) atoms. The first-order valence-corrected chi connectivity index (χ1v) is 8.68. The first-order valence-electron chi connectivity index (χ1n) is 8.68. The van der Waals surface area contributed by atoms with Gasteiger partial charge in [0.25, 0.3) is 5.91 Å². The fourth-order valence-electron chi connectivity index (χ4n) is 2.86. The lowest BCUT2D eigenvalue weighted by atomic mass is 10.0. The minimum atomic E-state index is -1.04. The molecule has 2 unspecified atom stereocenters. The predicted molar refractivity (Wildman–Crippen MR) is 99.1 cm³/mol. The number of carboxylic acids is 1. The number of aliphatic carboxylic acids is 1. The highest BCUT2D eigenvalue weighted by Crippen LogP contribution is 2.27. The number of aryl methyl sites for hydroxylation is 1. The fraction of sp³-hybridized carbons (Fsp3) is 0.250. The monoisotopic (exact) mass is 384 g/mol. The number of carbonyl (C=O) groups excluding carboxylic acids is 2. The third-order valence-corrected chi connectivity index (χ3v) is 4.35. The van der Waals surface area contributed by atoms with Crippen LogP contribution in [0.5, 0.6) is 11.5 Å². The highest BCUT2D eigenvalue weighted by Gasteiger charge is 2.32.